The van der Waals surface area contributed by atoms with Crippen LogP contribution in [0.5, 0.6) is 0 Å². The Balaban J connectivity index is 0.00000220. The third-order valence-electron chi connectivity index (χ3n) is 3.48. The summed E-state index contributed by atoms with van der Waals surface area (Å²) in [6.07, 6.45) is 2.17. The molecule has 1 aliphatic heterocycles. The minimum absolute atomic E-state index is 0. The van der Waals surface area contributed by atoms with Crippen LogP contribution in [0.25, 0.3) is 0 Å². The summed E-state index contributed by atoms with van der Waals surface area (Å²) in [5.74, 6) is -0.00655. The molecule has 1 saturated heterocycles. The second kappa shape index (κ2) is 8.00. The zero-order valence-electron chi connectivity index (χ0n) is 12.4. The number of aryl methyl sites for hydroxylation is 1. The fourth-order valence-corrected chi connectivity index (χ4v) is 2.39. The number of likely N-dealkylation sites (N-methyl/N-ethyl adjacent to an activating group) is 1. The number of anilines is 1. The summed E-state index contributed by atoms with van der Waals surface area (Å²) >= 11 is 0. The molecule has 0 aromatic heterocycles. The number of hydrogen-bond donors (Lipinski definition) is 2. The van der Waals surface area contributed by atoms with Crippen LogP contribution in [0.2, 0.25) is 0 Å². The van der Waals surface area contributed by atoms with Crippen LogP contribution in [0.15, 0.2) is 18.2 Å². The van der Waals surface area contributed by atoms with Gasteiger partial charge in [0.25, 0.3) is 5.91 Å². The topological polar surface area (TPSA) is 61.4 Å². The highest BCUT2D eigenvalue weighted by Crippen LogP contribution is 2.19. The third kappa shape index (κ3) is 4.44. The smallest absolute Gasteiger partial charge is 0.253 e. The molecule has 2 rings (SSSR count). The van der Waals surface area contributed by atoms with Crippen LogP contribution in [-0.2, 0) is 4.79 Å². The summed E-state index contributed by atoms with van der Waals surface area (Å²) < 4.78 is 0. The van der Waals surface area contributed by atoms with Crippen LogP contribution in [0, 0.1) is 6.92 Å². The minimum Gasteiger partial charge on any atom is -0.339 e. The maximum Gasteiger partial charge on any atom is 0.253 e. The summed E-state index contributed by atoms with van der Waals surface area (Å²) in [7, 11) is 1.73. The summed E-state index contributed by atoms with van der Waals surface area (Å²) in [5.41, 5.74) is 2.35. The van der Waals surface area contributed by atoms with Gasteiger partial charge < -0.3 is 15.5 Å². The predicted octanol–water partition coefficient (Wildman–Crippen LogP) is 1.81. The molecule has 0 saturated carbocycles. The van der Waals surface area contributed by atoms with E-state index in [0.717, 1.165) is 37.2 Å². The molecule has 0 bridgehead atoms. The van der Waals surface area contributed by atoms with Crippen LogP contribution in [0.4, 0.5) is 5.69 Å². The van der Waals surface area contributed by atoms with Gasteiger partial charge in [-0.05, 0) is 50.6 Å². The maximum atomic E-state index is 12.3. The Kier molecular flexibility index (Phi) is 6.65. The second-order valence-electron chi connectivity index (χ2n) is 5.11. The van der Waals surface area contributed by atoms with Crippen molar-refractivity contribution in [2.45, 2.75) is 19.8 Å². The fourth-order valence-electron chi connectivity index (χ4n) is 2.39. The molecule has 1 fully saturated rings. The summed E-state index contributed by atoms with van der Waals surface area (Å²) in [4.78, 5) is 25.7. The number of rotatable bonds is 4. The van der Waals surface area contributed by atoms with Gasteiger partial charge in [-0.25, -0.2) is 0 Å². The Labute approximate surface area is 131 Å². The number of hydrogen-bond acceptors (Lipinski definition) is 3. The molecule has 6 heteroatoms. The van der Waals surface area contributed by atoms with Crippen molar-refractivity contribution in [3.05, 3.63) is 29.3 Å². The first-order valence-corrected chi connectivity index (χ1v) is 6.96. The van der Waals surface area contributed by atoms with Crippen molar-refractivity contribution in [1.82, 2.24) is 10.2 Å². The van der Waals surface area contributed by atoms with E-state index < -0.39 is 0 Å². The van der Waals surface area contributed by atoms with Gasteiger partial charge in [-0.1, -0.05) is 0 Å². The van der Waals surface area contributed by atoms with Gasteiger partial charge in [-0.2, -0.15) is 0 Å². The van der Waals surface area contributed by atoms with Crippen LogP contribution < -0.4 is 10.6 Å². The largest absolute Gasteiger partial charge is 0.339 e. The van der Waals surface area contributed by atoms with E-state index in [1.54, 1.807) is 19.2 Å². The lowest BCUT2D eigenvalue weighted by atomic mass is 10.1. The molecule has 1 heterocycles. The number of carbonyl (C=O) groups is 2. The quantitative estimate of drug-likeness (QED) is 0.891. The van der Waals surface area contributed by atoms with E-state index in [1.165, 1.54) is 0 Å². The second-order valence-corrected chi connectivity index (χ2v) is 5.11. The van der Waals surface area contributed by atoms with E-state index in [4.69, 9.17) is 0 Å². The Bertz CT molecular complexity index is 514. The first kappa shape index (κ1) is 17.5. The molecule has 21 heavy (non-hydrogen) atoms. The standard InChI is InChI=1S/C15H21N3O2.ClH/c1-11-9-12(15(20)18-7-3-4-8-18)5-6-13(11)17-14(19)10-16-2;/h5-6,9,16H,3-4,7-8,10H2,1-2H3,(H,17,19);1H. The molecule has 0 spiro atoms. The monoisotopic (exact) mass is 311 g/mol. The van der Waals surface area contributed by atoms with E-state index in [0.29, 0.717) is 5.56 Å². The van der Waals surface area contributed by atoms with Gasteiger partial charge in [0.05, 0.1) is 6.54 Å². The van der Waals surface area contributed by atoms with Gasteiger partial charge >= 0.3 is 0 Å². The average molecular weight is 312 g/mol. The molecular weight excluding hydrogens is 290 g/mol. The molecule has 5 nitrogen and oxygen atoms in total. The molecule has 0 atom stereocenters. The van der Waals surface area contributed by atoms with E-state index >= 15 is 0 Å². The minimum atomic E-state index is -0.0887. The van der Waals surface area contributed by atoms with Gasteiger partial charge in [0, 0.05) is 24.3 Å². The van der Waals surface area contributed by atoms with Crippen molar-refractivity contribution in [2.24, 2.45) is 0 Å². The molecule has 0 unspecified atom stereocenters. The molecule has 2 N–H and O–H groups in total. The number of nitrogens with zero attached hydrogens (tertiary/aromatic N) is 1. The lowest BCUT2D eigenvalue weighted by molar-refractivity contribution is -0.115. The summed E-state index contributed by atoms with van der Waals surface area (Å²) in [6.45, 7) is 3.86. The van der Waals surface area contributed by atoms with E-state index in [2.05, 4.69) is 10.6 Å². The Morgan fingerprint density at radius 3 is 2.48 bits per heavy atom. The predicted molar refractivity (Wildman–Crippen MR) is 86.1 cm³/mol. The molecule has 1 aromatic carbocycles. The average Bonchev–Trinajstić information content (AvgIpc) is 2.94. The van der Waals surface area contributed by atoms with Gasteiger partial charge in [-0.3, -0.25) is 9.59 Å². The molecular formula is C15H22ClN3O2. The lowest BCUT2D eigenvalue weighted by Crippen LogP contribution is -2.28. The molecule has 116 valence electrons. The van der Waals surface area contributed by atoms with Gasteiger partial charge in [-0.15, -0.1) is 12.4 Å². The Morgan fingerprint density at radius 1 is 1.24 bits per heavy atom. The van der Waals surface area contributed by atoms with E-state index in [1.807, 2.05) is 17.9 Å². The van der Waals surface area contributed by atoms with Gasteiger partial charge in [0.2, 0.25) is 5.91 Å². The van der Waals surface area contributed by atoms with Crippen molar-refractivity contribution < 1.29 is 9.59 Å². The van der Waals surface area contributed by atoms with Crippen molar-refractivity contribution in [3.8, 4) is 0 Å². The summed E-state index contributed by atoms with van der Waals surface area (Å²) in [6, 6.07) is 5.42. The number of nitrogens with one attached hydrogen (secondary N) is 2. The number of halogens is 1. The van der Waals surface area contributed by atoms with Crippen molar-refractivity contribution in [1.29, 1.82) is 0 Å². The molecule has 1 aliphatic rings. The van der Waals surface area contributed by atoms with Gasteiger partial charge in [0.15, 0.2) is 0 Å². The number of carbonyl (C=O) groups excluding carboxylic acids is 2. The molecule has 1 aromatic rings. The third-order valence-corrected chi connectivity index (χ3v) is 3.48. The molecule has 0 aliphatic carbocycles. The first-order valence-electron chi connectivity index (χ1n) is 6.96. The summed E-state index contributed by atoms with van der Waals surface area (Å²) in [5, 5.41) is 5.62. The fraction of sp³-hybridized carbons (Fsp3) is 0.467. The Hall–Kier alpha value is -1.59. The lowest BCUT2D eigenvalue weighted by Gasteiger charge is -2.16. The number of amides is 2. The van der Waals surface area contributed by atoms with Crippen molar-refractivity contribution >= 4 is 29.9 Å². The first-order chi connectivity index (χ1) is 9.61. The highest BCUT2D eigenvalue weighted by molar-refractivity contribution is 5.97. The SMILES string of the molecule is CNCC(=O)Nc1ccc(C(=O)N2CCCC2)cc1C.Cl. The van der Waals surface area contributed by atoms with Crippen molar-refractivity contribution in [3.63, 3.8) is 0 Å². The zero-order valence-corrected chi connectivity index (χ0v) is 13.3. The van der Waals surface area contributed by atoms with Crippen molar-refractivity contribution in [2.75, 3.05) is 32.0 Å². The van der Waals surface area contributed by atoms with Gasteiger partial charge in [0.1, 0.15) is 0 Å². The van der Waals surface area contributed by atoms with Crippen LogP contribution in [-0.4, -0.2) is 43.4 Å². The van der Waals surface area contributed by atoms with E-state index in [-0.39, 0.29) is 30.8 Å². The molecule has 2 amide bonds. The highest BCUT2D eigenvalue weighted by atomic mass is 35.5. The van der Waals surface area contributed by atoms with Crippen LogP contribution in [0.1, 0.15) is 28.8 Å². The normalized spacial score (nSPS) is 13.7. The van der Waals surface area contributed by atoms with E-state index in [9.17, 15) is 9.59 Å². The van der Waals surface area contributed by atoms with Crippen LogP contribution >= 0.6 is 12.4 Å². The zero-order chi connectivity index (χ0) is 14.5. The number of benzene rings is 1. The molecule has 0 radical (unpaired) electrons. The Morgan fingerprint density at radius 2 is 1.90 bits per heavy atom. The maximum absolute atomic E-state index is 12.3. The highest BCUT2D eigenvalue weighted by Gasteiger charge is 2.19. The van der Waals surface area contributed by atoms with Crippen LogP contribution in [0.3, 0.4) is 0 Å². The number of likely N-dealkylation sites (tertiary alicyclic amines) is 1.